The lowest BCUT2D eigenvalue weighted by Gasteiger charge is -2.09. The highest BCUT2D eigenvalue weighted by Crippen LogP contribution is 2.16. The topological polar surface area (TPSA) is 67.8 Å². The van der Waals surface area contributed by atoms with Crippen molar-refractivity contribution in [3.63, 3.8) is 0 Å². The second-order valence-electron chi connectivity index (χ2n) is 5.07. The fourth-order valence-electron chi connectivity index (χ4n) is 1.69. The Morgan fingerprint density at radius 3 is 2.67 bits per heavy atom. The first kappa shape index (κ1) is 15.4. The molecule has 1 N–H and O–H groups in total. The first-order valence-electron chi connectivity index (χ1n) is 6.69. The summed E-state index contributed by atoms with van der Waals surface area (Å²) in [6, 6.07) is 3.82. The van der Waals surface area contributed by atoms with Crippen LogP contribution in [0.1, 0.15) is 47.3 Å². The average Bonchev–Trinajstić information content (AvgIpc) is 2.46. The van der Waals surface area contributed by atoms with Crippen molar-refractivity contribution in [2.75, 3.05) is 0 Å². The van der Waals surface area contributed by atoms with Gasteiger partial charge >= 0.3 is 0 Å². The van der Waals surface area contributed by atoms with Gasteiger partial charge in [0.2, 0.25) is 0 Å². The lowest BCUT2D eigenvalue weighted by atomic mass is 10.2. The van der Waals surface area contributed by atoms with E-state index in [-0.39, 0.29) is 22.5 Å². The van der Waals surface area contributed by atoms with Crippen molar-refractivity contribution < 1.29 is 4.79 Å². The van der Waals surface area contributed by atoms with Gasteiger partial charge in [-0.1, -0.05) is 31.5 Å². The van der Waals surface area contributed by atoms with Crippen molar-refractivity contribution in [3.8, 4) is 0 Å². The second kappa shape index (κ2) is 6.63. The fourth-order valence-corrected chi connectivity index (χ4v) is 1.86. The van der Waals surface area contributed by atoms with Crippen molar-refractivity contribution in [2.45, 2.75) is 33.2 Å². The molecule has 0 spiro atoms. The van der Waals surface area contributed by atoms with Crippen LogP contribution < -0.4 is 5.32 Å². The maximum Gasteiger partial charge on any atom is 0.271 e. The molecule has 2 aromatic heterocycles. The molecule has 0 saturated heterocycles. The number of hydrogen-bond donors (Lipinski definition) is 1. The Hall–Kier alpha value is -2.01. The highest BCUT2D eigenvalue weighted by atomic mass is 35.5. The molecule has 2 rings (SSSR count). The van der Waals surface area contributed by atoms with Gasteiger partial charge in [0.05, 0.1) is 11.2 Å². The molecule has 0 bridgehead atoms. The molecule has 2 aromatic rings. The number of hydrogen-bond acceptors (Lipinski definition) is 4. The Labute approximate surface area is 128 Å². The fraction of sp³-hybridized carbons (Fsp3) is 0.333. The Morgan fingerprint density at radius 2 is 2.05 bits per heavy atom. The van der Waals surface area contributed by atoms with Crippen molar-refractivity contribution in [1.82, 2.24) is 20.3 Å². The molecule has 0 saturated carbocycles. The summed E-state index contributed by atoms with van der Waals surface area (Å²) in [5.74, 6) is 0.418. The molecule has 0 aliphatic heterocycles. The molecule has 0 aliphatic rings. The average molecular weight is 305 g/mol. The smallest absolute Gasteiger partial charge is 0.271 e. The first-order chi connectivity index (χ1) is 9.97. The number of amides is 1. The number of nitrogens with one attached hydrogen (secondary N) is 1. The van der Waals surface area contributed by atoms with Crippen LogP contribution in [0.15, 0.2) is 24.5 Å². The van der Waals surface area contributed by atoms with E-state index in [1.165, 1.54) is 6.20 Å². The van der Waals surface area contributed by atoms with E-state index < -0.39 is 0 Å². The molecular formula is C15H17ClN4O. The molecule has 0 atom stereocenters. The quantitative estimate of drug-likeness (QED) is 0.943. The largest absolute Gasteiger partial charge is 0.347 e. The molecular weight excluding hydrogens is 288 g/mol. The molecule has 1 amide bonds. The van der Waals surface area contributed by atoms with Crippen LogP contribution in [0.4, 0.5) is 0 Å². The molecule has 0 aromatic carbocycles. The van der Waals surface area contributed by atoms with Crippen LogP contribution in [0.5, 0.6) is 0 Å². The van der Waals surface area contributed by atoms with Gasteiger partial charge in [-0.3, -0.25) is 9.78 Å². The van der Waals surface area contributed by atoms with Gasteiger partial charge in [-0.2, -0.15) is 0 Å². The van der Waals surface area contributed by atoms with Gasteiger partial charge in [-0.15, -0.1) is 0 Å². The van der Waals surface area contributed by atoms with Crippen LogP contribution in [0.3, 0.4) is 0 Å². The van der Waals surface area contributed by atoms with Crippen LogP contribution >= 0.6 is 11.6 Å². The van der Waals surface area contributed by atoms with Crippen LogP contribution in [-0.2, 0) is 6.54 Å². The van der Waals surface area contributed by atoms with Gasteiger partial charge in [0.15, 0.2) is 0 Å². The van der Waals surface area contributed by atoms with Crippen LogP contribution in [0.2, 0.25) is 5.02 Å². The molecule has 2 heterocycles. The van der Waals surface area contributed by atoms with Gasteiger partial charge < -0.3 is 5.32 Å². The third-order valence-corrected chi connectivity index (χ3v) is 3.20. The van der Waals surface area contributed by atoms with Gasteiger partial charge in [0.25, 0.3) is 5.91 Å². The van der Waals surface area contributed by atoms with E-state index in [1.54, 1.807) is 6.20 Å². The van der Waals surface area contributed by atoms with Gasteiger partial charge in [0, 0.05) is 24.4 Å². The minimum atomic E-state index is -0.315. The summed E-state index contributed by atoms with van der Waals surface area (Å²) in [6.07, 6.45) is 3.20. The molecule has 110 valence electrons. The summed E-state index contributed by atoms with van der Waals surface area (Å²) >= 11 is 6.00. The predicted octanol–water partition coefficient (Wildman–Crippen LogP) is 2.89. The zero-order valence-corrected chi connectivity index (χ0v) is 13.0. The minimum absolute atomic E-state index is 0.134. The number of pyridine rings is 1. The highest BCUT2D eigenvalue weighted by molar-refractivity contribution is 6.33. The van der Waals surface area contributed by atoms with E-state index >= 15 is 0 Å². The lowest BCUT2D eigenvalue weighted by Crippen LogP contribution is -2.25. The van der Waals surface area contributed by atoms with E-state index in [0.717, 1.165) is 11.3 Å². The summed E-state index contributed by atoms with van der Waals surface area (Å²) in [5.41, 5.74) is 2.06. The van der Waals surface area contributed by atoms with Crippen molar-refractivity contribution in [2.24, 2.45) is 0 Å². The molecule has 0 radical (unpaired) electrons. The molecule has 0 unspecified atom stereocenters. The summed E-state index contributed by atoms with van der Waals surface area (Å²) in [7, 11) is 0. The monoisotopic (exact) mass is 304 g/mol. The maximum absolute atomic E-state index is 12.2. The third-order valence-electron chi connectivity index (χ3n) is 2.92. The number of rotatable bonds is 4. The zero-order valence-electron chi connectivity index (χ0n) is 12.2. The zero-order chi connectivity index (χ0) is 15.4. The van der Waals surface area contributed by atoms with E-state index in [0.29, 0.717) is 12.4 Å². The molecule has 0 aliphatic carbocycles. The normalized spacial score (nSPS) is 10.7. The summed E-state index contributed by atoms with van der Waals surface area (Å²) < 4.78 is 0. The number of aromatic nitrogens is 3. The number of carbonyl (C=O) groups excluding carboxylic acids is 1. The van der Waals surface area contributed by atoms with Crippen molar-refractivity contribution in [1.29, 1.82) is 0 Å². The molecule has 21 heavy (non-hydrogen) atoms. The van der Waals surface area contributed by atoms with E-state index in [2.05, 4.69) is 20.3 Å². The van der Waals surface area contributed by atoms with Crippen molar-refractivity contribution >= 4 is 17.5 Å². The Balaban J connectivity index is 2.09. The SMILES string of the molecule is Cc1ccc(CNC(=O)c2nc(C(C)C)ncc2Cl)cn1. The Bertz CT molecular complexity index is 641. The van der Waals surface area contributed by atoms with Gasteiger partial charge in [-0.25, -0.2) is 9.97 Å². The number of nitrogens with zero attached hydrogens (tertiary/aromatic N) is 3. The summed E-state index contributed by atoms with van der Waals surface area (Å²) in [6.45, 7) is 6.21. The summed E-state index contributed by atoms with van der Waals surface area (Å²) in [4.78, 5) is 24.7. The first-order valence-corrected chi connectivity index (χ1v) is 7.07. The highest BCUT2D eigenvalue weighted by Gasteiger charge is 2.15. The second-order valence-corrected chi connectivity index (χ2v) is 5.48. The molecule has 6 heteroatoms. The molecule has 0 fully saturated rings. The van der Waals surface area contributed by atoms with E-state index in [9.17, 15) is 4.79 Å². The summed E-state index contributed by atoms with van der Waals surface area (Å²) in [5, 5.41) is 3.04. The minimum Gasteiger partial charge on any atom is -0.347 e. The van der Waals surface area contributed by atoms with Gasteiger partial charge in [0.1, 0.15) is 11.5 Å². The molecule has 5 nitrogen and oxygen atoms in total. The maximum atomic E-state index is 12.2. The van der Waals surface area contributed by atoms with E-state index in [4.69, 9.17) is 11.6 Å². The lowest BCUT2D eigenvalue weighted by molar-refractivity contribution is 0.0945. The predicted molar refractivity (Wildman–Crippen MR) is 81.3 cm³/mol. The van der Waals surface area contributed by atoms with Crippen LogP contribution in [0, 0.1) is 6.92 Å². The standard InChI is InChI=1S/C15H17ClN4O/c1-9(2)14-18-8-12(16)13(20-14)15(21)19-7-11-5-4-10(3)17-6-11/h4-6,8-9H,7H2,1-3H3,(H,19,21). The van der Waals surface area contributed by atoms with Crippen molar-refractivity contribution in [3.05, 3.63) is 52.3 Å². The van der Waals surface area contributed by atoms with Crippen LogP contribution in [0.25, 0.3) is 0 Å². The number of halogens is 1. The van der Waals surface area contributed by atoms with Gasteiger partial charge in [-0.05, 0) is 18.6 Å². The van der Waals surface area contributed by atoms with E-state index in [1.807, 2.05) is 32.9 Å². The number of carbonyl (C=O) groups is 1. The Kier molecular flexibility index (Phi) is 4.85. The Morgan fingerprint density at radius 1 is 1.29 bits per heavy atom. The number of aryl methyl sites for hydroxylation is 1. The van der Waals surface area contributed by atoms with Crippen LogP contribution in [-0.4, -0.2) is 20.9 Å². The third kappa shape index (κ3) is 3.98.